The third-order valence-electron chi connectivity index (χ3n) is 4.21. The molecule has 0 spiro atoms. The summed E-state index contributed by atoms with van der Waals surface area (Å²) in [6.07, 6.45) is 0. The maximum absolute atomic E-state index is 12.3. The Hall–Kier alpha value is -4.40. The molecule has 0 atom stereocenters. The zero-order valence-corrected chi connectivity index (χ0v) is 15.4. The van der Waals surface area contributed by atoms with E-state index in [9.17, 15) is 29.8 Å². The topological polar surface area (TPSA) is 130 Å². The third-order valence-corrected chi connectivity index (χ3v) is 4.21. The Labute approximate surface area is 169 Å². The van der Waals surface area contributed by atoms with E-state index in [4.69, 9.17) is 4.74 Å². The number of carbonyl (C=O) groups excluding carboxylic acids is 2. The Morgan fingerprint density at radius 1 is 0.733 bits per heavy atom. The van der Waals surface area contributed by atoms with E-state index in [2.05, 4.69) is 0 Å². The summed E-state index contributed by atoms with van der Waals surface area (Å²) < 4.78 is 4.89. The smallest absolute Gasteiger partial charge is 0.339 e. The number of nitro benzene ring substituents is 2. The van der Waals surface area contributed by atoms with Gasteiger partial charge in [0.1, 0.15) is 0 Å². The first-order chi connectivity index (χ1) is 14.3. The van der Waals surface area contributed by atoms with Crippen LogP contribution in [0.5, 0.6) is 0 Å². The van der Waals surface area contributed by atoms with Crippen LogP contribution < -0.4 is 0 Å². The van der Waals surface area contributed by atoms with Gasteiger partial charge in [-0.1, -0.05) is 54.6 Å². The molecule has 0 unspecified atom stereocenters. The zero-order valence-electron chi connectivity index (χ0n) is 15.4. The van der Waals surface area contributed by atoms with Crippen molar-refractivity contribution in [2.24, 2.45) is 0 Å². The molecule has 30 heavy (non-hydrogen) atoms. The second kappa shape index (κ2) is 8.74. The molecule has 0 radical (unpaired) electrons. The number of nitro groups is 2. The van der Waals surface area contributed by atoms with Crippen molar-refractivity contribution in [2.45, 2.75) is 0 Å². The summed E-state index contributed by atoms with van der Waals surface area (Å²) in [5.41, 5.74) is 0.567. The SMILES string of the molecule is O=C(COC(=O)c1cc([N+](=O)[O-])cc([N+](=O)[O-])c1)c1ccc(-c2ccccc2)cc1. The largest absolute Gasteiger partial charge is 0.454 e. The Morgan fingerprint density at radius 2 is 1.27 bits per heavy atom. The minimum Gasteiger partial charge on any atom is -0.454 e. The first kappa shape index (κ1) is 20.3. The zero-order chi connectivity index (χ0) is 21.7. The standard InChI is InChI=1S/C21H14N2O7/c24-20(16-8-6-15(7-9-16)14-4-2-1-3-5-14)13-30-21(25)17-10-18(22(26)27)12-19(11-17)23(28)29/h1-12H,13H2. The molecule has 0 saturated heterocycles. The van der Waals surface area contributed by atoms with Crippen molar-refractivity contribution in [3.05, 3.63) is 104 Å². The van der Waals surface area contributed by atoms with Gasteiger partial charge in [-0.05, 0) is 11.1 Å². The number of hydrogen-bond donors (Lipinski definition) is 0. The lowest BCUT2D eigenvalue weighted by Gasteiger charge is -2.06. The molecule has 0 aliphatic rings. The van der Waals surface area contributed by atoms with Gasteiger partial charge >= 0.3 is 5.97 Å². The van der Waals surface area contributed by atoms with E-state index in [1.807, 2.05) is 30.3 Å². The number of non-ortho nitro benzene ring substituents is 2. The molecule has 0 aliphatic carbocycles. The number of esters is 1. The highest BCUT2D eigenvalue weighted by atomic mass is 16.6. The van der Waals surface area contributed by atoms with Gasteiger partial charge in [-0.25, -0.2) is 4.79 Å². The monoisotopic (exact) mass is 406 g/mol. The Balaban J connectivity index is 1.69. The minimum absolute atomic E-state index is 0.313. The second-order valence-corrected chi connectivity index (χ2v) is 6.19. The summed E-state index contributed by atoms with van der Waals surface area (Å²) in [6.45, 7) is -0.611. The van der Waals surface area contributed by atoms with Gasteiger partial charge in [-0.15, -0.1) is 0 Å². The minimum atomic E-state index is -1.07. The molecule has 0 bridgehead atoms. The van der Waals surface area contributed by atoms with Crippen LogP contribution in [0.25, 0.3) is 11.1 Å². The molecular weight excluding hydrogens is 392 g/mol. The number of ketones is 1. The van der Waals surface area contributed by atoms with Crippen LogP contribution in [-0.2, 0) is 4.74 Å². The van der Waals surface area contributed by atoms with Gasteiger partial charge in [-0.2, -0.15) is 0 Å². The van der Waals surface area contributed by atoms with E-state index >= 15 is 0 Å². The van der Waals surface area contributed by atoms with Gasteiger partial charge in [0.2, 0.25) is 0 Å². The van der Waals surface area contributed by atoms with E-state index in [-0.39, 0.29) is 5.56 Å². The Bertz CT molecular complexity index is 1090. The molecule has 3 rings (SSSR count). The number of carbonyl (C=O) groups is 2. The predicted octanol–water partition coefficient (Wildman–Crippen LogP) is 4.21. The maximum Gasteiger partial charge on any atom is 0.339 e. The molecular formula is C21H14N2O7. The van der Waals surface area contributed by atoms with Crippen molar-refractivity contribution >= 4 is 23.1 Å². The van der Waals surface area contributed by atoms with Gasteiger partial charge in [-0.3, -0.25) is 25.0 Å². The number of nitrogens with zero attached hydrogens (tertiary/aromatic N) is 2. The van der Waals surface area contributed by atoms with Gasteiger partial charge in [0.05, 0.1) is 21.5 Å². The molecule has 9 nitrogen and oxygen atoms in total. The van der Waals surface area contributed by atoms with Crippen molar-refractivity contribution in [1.29, 1.82) is 0 Å². The Morgan fingerprint density at radius 3 is 1.80 bits per heavy atom. The molecule has 0 heterocycles. The fourth-order valence-electron chi connectivity index (χ4n) is 2.70. The van der Waals surface area contributed by atoms with Gasteiger partial charge < -0.3 is 4.74 Å². The molecule has 9 heteroatoms. The number of benzene rings is 3. The van der Waals surface area contributed by atoms with E-state index < -0.39 is 39.6 Å². The lowest BCUT2D eigenvalue weighted by Crippen LogP contribution is -2.14. The molecule has 3 aromatic rings. The molecule has 0 fully saturated rings. The van der Waals surface area contributed by atoms with Crippen LogP contribution in [0, 0.1) is 20.2 Å². The second-order valence-electron chi connectivity index (χ2n) is 6.19. The first-order valence-electron chi connectivity index (χ1n) is 8.65. The van der Waals surface area contributed by atoms with Crippen LogP contribution in [0.3, 0.4) is 0 Å². The lowest BCUT2D eigenvalue weighted by atomic mass is 10.0. The molecule has 0 aromatic heterocycles. The molecule has 0 N–H and O–H groups in total. The van der Waals surface area contributed by atoms with Crippen molar-refractivity contribution in [3.63, 3.8) is 0 Å². The maximum atomic E-state index is 12.3. The number of Topliss-reactive ketones (excluding diaryl/α,β-unsaturated/α-hetero) is 1. The number of ether oxygens (including phenoxy) is 1. The van der Waals surface area contributed by atoms with E-state index in [1.165, 1.54) is 0 Å². The first-order valence-corrected chi connectivity index (χ1v) is 8.65. The van der Waals surface area contributed by atoms with Crippen LogP contribution in [-0.4, -0.2) is 28.2 Å². The normalized spacial score (nSPS) is 10.3. The van der Waals surface area contributed by atoms with Crippen molar-refractivity contribution < 1.29 is 24.2 Å². The van der Waals surface area contributed by atoms with Crippen molar-refractivity contribution in [3.8, 4) is 11.1 Å². The summed E-state index contributed by atoms with van der Waals surface area (Å²) in [4.78, 5) is 44.5. The third kappa shape index (κ3) is 4.71. The fraction of sp³-hybridized carbons (Fsp3) is 0.0476. The molecule has 0 amide bonds. The quantitative estimate of drug-likeness (QED) is 0.249. The average Bonchev–Trinajstić information content (AvgIpc) is 2.77. The summed E-state index contributed by atoms with van der Waals surface area (Å²) in [5.74, 6) is -1.56. The summed E-state index contributed by atoms with van der Waals surface area (Å²) in [7, 11) is 0. The van der Waals surface area contributed by atoms with E-state index in [1.54, 1.807) is 24.3 Å². The number of rotatable bonds is 7. The lowest BCUT2D eigenvalue weighted by molar-refractivity contribution is -0.394. The van der Waals surface area contributed by atoms with Crippen LogP contribution in [0.4, 0.5) is 11.4 Å². The molecule has 150 valence electrons. The van der Waals surface area contributed by atoms with Crippen LogP contribution in [0.2, 0.25) is 0 Å². The highest BCUT2D eigenvalue weighted by Gasteiger charge is 2.21. The van der Waals surface area contributed by atoms with Crippen molar-refractivity contribution in [2.75, 3.05) is 6.61 Å². The average molecular weight is 406 g/mol. The Kier molecular flexibility index (Phi) is 5.92. The highest BCUT2D eigenvalue weighted by Crippen LogP contribution is 2.23. The predicted molar refractivity (Wildman–Crippen MR) is 106 cm³/mol. The van der Waals surface area contributed by atoms with E-state index in [0.29, 0.717) is 5.56 Å². The fourth-order valence-corrected chi connectivity index (χ4v) is 2.70. The summed E-state index contributed by atoms with van der Waals surface area (Å²) in [6, 6.07) is 18.7. The highest BCUT2D eigenvalue weighted by molar-refractivity contribution is 6.00. The molecule has 3 aromatic carbocycles. The van der Waals surface area contributed by atoms with Gasteiger partial charge in [0, 0.05) is 17.7 Å². The molecule has 0 saturated carbocycles. The van der Waals surface area contributed by atoms with Crippen LogP contribution in [0.15, 0.2) is 72.8 Å². The summed E-state index contributed by atoms with van der Waals surface area (Å²) in [5, 5.41) is 21.8. The summed E-state index contributed by atoms with van der Waals surface area (Å²) >= 11 is 0. The number of hydrogen-bond acceptors (Lipinski definition) is 7. The van der Waals surface area contributed by atoms with Gasteiger partial charge in [0.25, 0.3) is 11.4 Å². The van der Waals surface area contributed by atoms with Crippen LogP contribution in [0.1, 0.15) is 20.7 Å². The van der Waals surface area contributed by atoms with Crippen LogP contribution >= 0.6 is 0 Å². The molecule has 0 aliphatic heterocycles. The van der Waals surface area contributed by atoms with Gasteiger partial charge in [0.15, 0.2) is 12.4 Å². The van der Waals surface area contributed by atoms with Crippen molar-refractivity contribution in [1.82, 2.24) is 0 Å². The van der Waals surface area contributed by atoms with E-state index in [0.717, 1.165) is 29.3 Å².